The first-order valence-corrected chi connectivity index (χ1v) is 9.99. The van der Waals surface area contributed by atoms with Gasteiger partial charge in [-0.15, -0.1) is 0 Å². The fourth-order valence-electron chi connectivity index (χ4n) is 3.89. The number of nitrogens with one attached hydrogen (secondary N) is 2. The minimum atomic E-state index is -0.134. The van der Waals surface area contributed by atoms with Gasteiger partial charge in [-0.1, -0.05) is 6.07 Å². The molecule has 3 aliphatic rings. The van der Waals surface area contributed by atoms with Gasteiger partial charge in [-0.3, -0.25) is 4.79 Å². The Morgan fingerprint density at radius 2 is 2.10 bits per heavy atom. The van der Waals surface area contributed by atoms with E-state index in [1.165, 1.54) is 0 Å². The van der Waals surface area contributed by atoms with Crippen molar-refractivity contribution >= 4 is 11.7 Å². The number of rotatable bonds is 7. The zero-order valence-electron chi connectivity index (χ0n) is 16.4. The van der Waals surface area contributed by atoms with E-state index in [-0.39, 0.29) is 18.2 Å². The molecule has 3 heterocycles. The van der Waals surface area contributed by atoms with E-state index in [4.69, 9.17) is 19.2 Å². The predicted molar refractivity (Wildman–Crippen MR) is 106 cm³/mol. The third-order valence-corrected chi connectivity index (χ3v) is 5.75. The fraction of sp³-hybridized carbons (Fsp3) is 0.476. The lowest BCUT2D eigenvalue weighted by Crippen LogP contribution is -2.35. The molecule has 0 atom stereocenters. The topological polar surface area (TPSA) is 94.6 Å². The third-order valence-electron chi connectivity index (χ3n) is 5.75. The molecule has 0 radical (unpaired) electrons. The van der Waals surface area contributed by atoms with Gasteiger partial charge < -0.3 is 24.8 Å². The number of methoxy groups -OCH3 is 1. The van der Waals surface area contributed by atoms with E-state index in [9.17, 15) is 4.79 Å². The molecule has 2 N–H and O–H groups in total. The van der Waals surface area contributed by atoms with Crippen LogP contribution < -0.4 is 20.1 Å². The highest BCUT2D eigenvalue weighted by Crippen LogP contribution is 2.42. The molecule has 29 heavy (non-hydrogen) atoms. The molecule has 0 spiro atoms. The summed E-state index contributed by atoms with van der Waals surface area (Å²) in [5.41, 5.74) is 2.41. The van der Waals surface area contributed by atoms with Gasteiger partial charge >= 0.3 is 0 Å². The summed E-state index contributed by atoms with van der Waals surface area (Å²) in [4.78, 5) is 21.9. The van der Waals surface area contributed by atoms with E-state index in [1.54, 1.807) is 7.11 Å². The van der Waals surface area contributed by atoms with Crippen LogP contribution >= 0.6 is 0 Å². The van der Waals surface area contributed by atoms with Crippen molar-refractivity contribution in [3.05, 3.63) is 40.8 Å². The number of benzene rings is 1. The quantitative estimate of drug-likeness (QED) is 0.740. The molecule has 152 valence electrons. The van der Waals surface area contributed by atoms with Gasteiger partial charge in [0.25, 0.3) is 5.91 Å². The Hall–Kier alpha value is -2.87. The molecule has 0 unspecified atom stereocenters. The maximum atomic E-state index is 12.5. The molecule has 5 rings (SSSR count). The van der Waals surface area contributed by atoms with Crippen LogP contribution in [-0.4, -0.2) is 48.5 Å². The molecular formula is C21H24N4O4. The number of fused-ring (bicyclic) bond motifs is 2. The van der Waals surface area contributed by atoms with Crippen LogP contribution in [0.4, 0.5) is 5.82 Å². The largest absolute Gasteiger partial charge is 0.454 e. The summed E-state index contributed by atoms with van der Waals surface area (Å²) in [7, 11) is 1.72. The van der Waals surface area contributed by atoms with Crippen molar-refractivity contribution in [2.75, 3.05) is 32.4 Å². The van der Waals surface area contributed by atoms with Crippen LogP contribution in [0.15, 0.2) is 18.2 Å². The predicted octanol–water partition coefficient (Wildman–Crippen LogP) is 2.06. The number of hydrogen-bond donors (Lipinski definition) is 2. The van der Waals surface area contributed by atoms with Gasteiger partial charge in [0, 0.05) is 37.8 Å². The number of ether oxygens (including phenoxy) is 3. The van der Waals surface area contributed by atoms with E-state index >= 15 is 0 Å². The first-order valence-electron chi connectivity index (χ1n) is 9.99. The molecular weight excluding hydrogens is 372 g/mol. The van der Waals surface area contributed by atoms with Crippen LogP contribution in [0, 0.1) is 0 Å². The fourth-order valence-corrected chi connectivity index (χ4v) is 3.89. The highest BCUT2D eigenvalue weighted by molar-refractivity contribution is 5.96. The van der Waals surface area contributed by atoms with Crippen molar-refractivity contribution in [1.29, 1.82) is 0 Å². The highest BCUT2D eigenvalue weighted by atomic mass is 16.7. The second kappa shape index (κ2) is 7.18. The molecule has 1 saturated carbocycles. The Bertz CT molecular complexity index is 958. The average Bonchev–Trinajstić information content (AvgIpc) is 3.32. The maximum Gasteiger partial charge on any atom is 0.270 e. The zero-order chi connectivity index (χ0) is 19.8. The molecule has 0 saturated heterocycles. The van der Waals surface area contributed by atoms with Crippen molar-refractivity contribution in [2.24, 2.45) is 0 Å². The lowest BCUT2D eigenvalue weighted by Gasteiger charge is -2.24. The van der Waals surface area contributed by atoms with Crippen LogP contribution in [0.2, 0.25) is 0 Å². The molecule has 2 aliphatic heterocycles. The minimum Gasteiger partial charge on any atom is -0.454 e. The van der Waals surface area contributed by atoms with Crippen LogP contribution in [0.25, 0.3) is 0 Å². The number of nitrogens with zero attached hydrogens (tertiary/aromatic N) is 2. The second-order valence-corrected chi connectivity index (χ2v) is 7.83. The third kappa shape index (κ3) is 3.60. The molecule has 2 aromatic rings. The number of carbonyl (C=O) groups excluding carboxylic acids is 1. The van der Waals surface area contributed by atoms with Crippen molar-refractivity contribution in [1.82, 2.24) is 15.3 Å². The van der Waals surface area contributed by atoms with Crippen molar-refractivity contribution < 1.29 is 19.0 Å². The summed E-state index contributed by atoms with van der Waals surface area (Å²) in [6, 6.07) is 5.82. The zero-order valence-corrected chi connectivity index (χ0v) is 16.4. The maximum absolute atomic E-state index is 12.5. The number of aromatic nitrogens is 2. The summed E-state index contributed by atoms with van der Waals surface area (Å²) in [6.45, 7) is 1.55. The summed E-state index contributed by atoms with van der Waals surface area (Å²) in [6.07, 6.45) is 4.33. The molecule has 1 fully saturated rings. The number of hydrogen-bond acceptors (Lipinski definition) is 7. The lowest BCUT2D eigenvalue weighted by molar-refractivity contribution is 0.0940. The second-order valence-electron chi connectivity index (χ2n) is 7.83. The van der Waals surface area contributed by atoms with Crippen molar-refractivity contribution in [3.63, 3.8) is 0 Å². The standard InChI is InChI=1S/C21H24N4O4/c1-27-9-7-21(5-6-21)25-19-14-4-8-22-20(26)18(14)23-17(24-19)11-13-2-3-15-16(10-13)29-12-28-15/h2-3,10H,4-9,11-12H2,1H3,(H,22,26)(H,23,24,25). The highest BCUT2D eigenvalue weighted by Gasteiger charge is 2.43. The SMILES string of the molecule is COCCC1(Nc2nc(Cc3ccc4c(c3)OCO4)nc3c2CCNC3=O)CC1. The Morgan fingerprint density at radius 3 is 2.93 bits per heavy atom. The molecule has 1 aliphatic carbocycles. The van der Waals surface area contributed by atoms with E-state index in [0.29, 0.717) is 31.1 Å². The number of anilines is 1. The van der Waals surface area contributed by atoms with Gasteiger partial charge in [0.05, 0.1) is 0 Å². The van der Waals surface area contributed by atoms with Gasteiger partial charge in [0.1, 0.15) is 17.3 Å². The van der Waals surface area contributed by atoms with Gasteiger partial charge in [-0.25, -0.2) is 9.97 Å². The monoisotopic (exact) mass is 396 g/mol. The Labute approximate surface area is 169 Å². The van der Waals surface area contributed by atoms with Gasteiger partial charge in [-0.05, 0) is 43.4 Å². The van der Waals surface area contributed by atoms with Gasteiger partial charge in [-0.2, -0.15) is 0 Å². The smallest absolute Gasteiger partial charge is 0.270 e. The number of carbonyl (C=O) groups is 1. The minimum absolute atomic E-state index is 0.0159. The Morgan fingerprint density at radius 1 is 1.24 bits per heavy atom. The van der Waals surface area contributed by atoms with Crippen molar-refractivity contribution in [2.45, 2.75) is 37.6 Å². The van der Waals surface area contributed by atoms with Crippen LogP contribution in [-0.2, 0) is 17.6 Å². The van der Waals surface area contributed by atoms with E-state index in [0.717, 1.165) is 54.1 Å². The van der Waals surface area contributed by atoms with Crippen LogP contribution in [0.1, 0.15) is 46.7 Å². The van der Waals surface area contributed by atoms with E-state index in [2.05, 4.69) is 15.6 Å². The van der Waals surface area contributed by atoms with E-state index < -0.39 is 0 Å². The molecule has 1 amide bonds. The molecule has 8 heteroatoms. The Kier molecular flexibility index (Phi) is 4.50. The van der Waals surface area contributed by atoms with Crippen LogP contribution in [0.5, 0.6) is 11.5 Å². The van der Waals surface area contributed by atoms with Crippen molar-refractivity contribution in [3.8, 4) is 11.5 Å². The summed E-state index contributed by atoms with van der Waals surface area (Å²) in [5, 5.41) is 6.51. The molecule has 1 aromatic carbocycles. The molecule has 8 nitrogen and oxygen atoms in total. The molecule has 1 aromatic heterocycles. The summed E-state index contributed by atoms with van der Waals surface area (Å²) >= 11 is 0. The number of amides is 1. The lowest BCUT2D eigenvalue weighted by atomic mass is 10.0. The summed E-state index contributed by atoms with van der Waals surface area (Å²) < 4.78 is 16.1. The van der Waals surface area contributed by atoms with Gasteiger partial charge in [0.2, 0.25) is 6.79 Å². The first kappa shape index (κ1) is 18.2. The van der Waals surface area contributed by atoms with Gasteiger partial charge in [0.15, 0.2) is 11.5 Å². The first-order chi connectivity index (χ1) is 14.2. The normalized spacial score (nSPS) is 18.2. The Balaban J connectivity index is 1.46. The summed E-state index contributed by atoms with van der Waals surface area (Å²) in [5.74, 6) is 2.74. The molecule has 0 bridgehead atoms. The van der Waals surface area contributed by atoms with E-state index in [1.807, 2.05) is 18.2 Å². The average molecular weight is 396 g/mol. The van der Waals surface area contributed by atoms with Crippen LogP contribution in [0.3, 0.4) is 0 Å².